The van der Waals surface area contributed by atoms with E-state index in [9.17, 15) is 4.39 Å². The van der Waals surface area contributed by atoms with Gasteiger partial charge < -0.3 is 0 Å². The van der Waals surface area contributed by atoms with E-state index in [0.717, 1.165) is 29.5 Å². The molecule has 0 unspecified atom stereocenters. The van der Waals surface area contributed by atoms with Gasteiger partial charge in [-0.15, -0.1) is 6.58 Å². The number of rotatable bonds is 5. The molecule has 0 amide bonds. The zero-order valence-corrected chi connectivity index (χ0v) is 14.1. The molecule has 0 bridgehead atoms. The number of benzene rings is 3. The summed E-state index contributed by atoms with van der Waals surface area (Å²) in [6.07, 6.45) is 3.81. The van der Waals surface area contributed by atoms with Crippen molar-refractivity contribution in [3.8, 4) is 22.3 Å². The minimum atomic E-state index is -0.221. The first-order valence-corrected chi connectivity index (χ1v) is 8.31. The normalized spacial score (nSPS) is 10.6. The van der Waals surface area contributed by atoms with Crippen molar-refractivity contribution in [1.29, 1.82) is 0 Å². The van der Waals surface area contributed by atoms with E-state index in [1.54, 1.807) is 6.07 Å². The molecule has 0 aromatic heterocycles. The van der Waals surface area contributed by atoms with Gasteiger partial charge in [0.2, 0.25) is 0 Å². The number of aryl methyl sites for hydroxylation is 1. The lowest BCUT2D eigenvalue weighted by Crippen LogP contribution is -1.88. The highest BCUT2D eigenvalue weighted by atomic mass is 35.5. The standard InChI is InChI=1S/C22H18ClF/c1-2-3-4-16-5-7-18(8-6-16)21-14-11-19(15-22(21)24)17-9-12-20(23)13-10-17/h2,5-15H,1,3-4H2. The van der Waals surface area contributed by atoms with E-state index in [2.05, 4.69) is 6.58 Å². The highest BCUT2D eigenvalue weighted by molar-refractivity contribution is 6.30. The molecule has 3 aromatic rings. The minimum Gasteiger partial charge on any atom is -0.206 e. The van der Waals surface area contributed by atoms with Gasteiger partial charge in [0.25, 0.3) is 0 Å². The summed E-state index contributed by atoms with van der Waals surface area (Å²) in [4.78, 5) is 0. The van der Waals surface area contributed by atoms with Crippen molar-refractivity contribution >= 4 is 11.6 Å². The Kier molecular flexibility index (Phi) is 5.12. The van der Waals surface area contributed by atoms with E-state index in [1.807, 2.05) is 66.7 Å². The van der Waals surface area contributed by atoms with Crippen molar-refractivity contribution < 1.29 is 4.39 Å². The van der Waals surface area contributed by atoms with Crippen LogP contribution in [0.1, 0.15) is 12.0 Å². The molecule has 0 aliphatic heterocycles. The summed E-state index contributed by atoms with van der Waals surface area (Å²) >= 11 is 5.90. The Morgan fingerprint density at radius 2 is 1.46 bits per heavy atom. The van der Waals surface area contributed by atoms with E-state index in [0.29, 0.717) is 10.6 Å². The summed E-state index contributed by atoms with van der Waals surface area (Å²) in [6, 6.07) is 20.8. The molecule has 0 spiro atoms. The predicted molar refractivity (Wildman–Crippen MR) is 101 cm³/mol. The molecule has 0 saturated heterocycles. The molecule has 0 heterocycles. The summed E-state index contributed by atoms with van der Waals surface area (Å²) in [5, 5.41) is 0.674. The summed E-state index contributed by atoms with van der Waals surface area (Å²) in [5.41, 5.74) is 4.53. The molecule has 2 heteroatoms. The second kappa shape index (κ2) is 7.46. The predicted octanol–water partition coefficient (Wildman–Crippen LogP) is 6.93. The lowest BCUT2D eigenvalue weighted by Gasteiger charge is -2.08. The van der Waals surface area contributed by atoms with Crippen molar-refractivity contribution in [2.45, 2.75) is 12.8 Å². The van der Waals surface area contributed by atoms with Crippen LogP contribution in [-0.4, -0.2) is 0 Å². The van der Waals surface area contributed by atoms with Gasteiger partial charge in [-0.1, -0.05) is 66.2 Å². The SMILES string of the molecule is C=CCCc1ccc(-c2ccc(-c3ccc(Cl)cc3)cc2F)cc1. The summed E-state index contributed by atoms with van der Waals surface area (Å²) in [7, 11) is 0. The molecule has 0 radical (unpaired) electrons. The quantitative estimate of drug-likeness (QED) is 0.443. The van der Waals surface area contributed by atoms with Crippen LogP contribution < -0.4 is 0 Å². The van der Waals surface area contributed by atoms with Crippen LogP contribution in [0, 0.1) is 5.82 Å². The molecule has 0 aliphatic rings. The van der Waals surface area contributed by atoms with Crippen LogP contribution in [0.2, 0.25) is 5.02 Å². The van der Waals surface area contributed by atoms with Crippen molar-refractivity contribution in [1.82, 2.24) is 0 Å². The molecule has 120 valence electrons. The van der Waals surface area contributed by atoms with Crippen molar-refractivity contribution in [3.05, 3.63) is 95.8 Å². The van der Waals surface area contributed by atoms with Crippen molar-refractivity contribution in [3.63, 3.8) is 0 Å². The van der Waals surface area contributed by atoms with Crippen molar-refractivity contribution in [2.24, 2.45) is 0 Å². The van der Waals surface area contributed by atoms with Gasteiger partial charge in [0.15, 0.2) is 0 Å². The Hall–Kier alpha value is -2.38. The molecular weight excluding hydrogens is 319 g/mol. The van der Waals surface area contributed by atoms with E-state index in [-0.39, 0.29) is 5.82 Å². The smallest absolute Gasteiger partial charge is 0.131 e. The van der Waals surface area contributed by atoms with Crippen LogP contribution >= 0.6 is 11.6 Å². The lowest BCUT2D eigenvalue weighted by molar-refractivity contribution is 0.632. The third-order valence-electron chi connectivity index (χ3n) is 4.05. The van der Waals surface area contributed by atoms with E-state index < -0.39 is 0 Å². The second-order valence-electron chi connectivity index (χ2n) is 5.73. The number of allylic oxidation sites excluding steroid dienone is 1. The third-order valence-corrected chi connectivity index (χ3v) is 4.30. The van der Waals surface area contributed by atoms with Crippen LogP contribution in [0.3, 0.4) is 0 Å². The van der Waals surface area contributed by atoms with Crippen LogP contribution in [0.5, 0.6) is 0 Å². The van der Waals surface area contributed by atoms with Gasteiger partial charge in [-0.3, -0.25) is 0 Å². The topological polar surface area (TPSA) is 0 Å². The molecule has 24 heavy (non-hydrogen) atoms. The summed E-state index contributed by atoms with van der Waals surface area (Å²) in [5.74, 6) is -0.221. The zero-order chi connectivity index (χ0) is 16.9. The monoisotopic (exact) mass is 336 g/mol. The van der Waals surface area contributed by atoms with Gasteiger partial charge in [0, 0.05) is 10.6 Å². The zero-order valence-electron chi connectivity index (χ0n) is 13.3. The molecule has 0 N–H and O–H groups in total. The van der Waals surface area contributed by atoms with Crippen LogP contribution in [0.25, 0.3) is 22.3 Å². The molecule has 0 saturated carbocycles. The average molecular weight is 337 g/mol. The van der Waals surface area contributed by atoms with Crippen LogP contribution in [0.15, 0.2) is 79.4 Å². The summed E-state index contributed by atoms with van der Waals surface area (Å²) < 4.78 is 14.6. The molecule has 0 atom stereocenters. The molecule has 3 aromatic carbocycles. The first kappa shape index (κ1) is 16.5. The fraction of sp³-hybridized carbons (Fsp3) is 0.0909. The van der Waals surface area contributed by atoms with Crippen LogP contribution in [-0.2, 0) is 6.42 Å². The van der Waals surface area contributed by atoms with E-state index in [4.69, 9.17) is 11.6 Å². The van der Waals surface area contributed by atoms with Crippen molar-refractivity contribution in [2.75, 3.05) is 0 Å². The third kappa shape index (κ3) is 3.74. The Morgan fingerprint density at radius 3 is 2.08 bits per heavy atom. The fourth-order valence-corrected chi connectivity index (χ4v) is 2.82. The maximum atomic E-state index is 14.6. The first-order valence-electron chi connectivity index (χ1n) is 7.93. The van der Waals surface area contributed by atoms with Gasteiger partial charge >= 0.3 is 0 Å². The fourth-order valence-electron chi connectivity index (χ4n) is 2.69. The Labute approximate surface area is 147 Å². The van der Waals surface area contributed by atoms with Gasteiger partial charge in [-0.05, 0) is 53.3 Å². The number of hydrogen-bond acceptors (Lipinski definition) is 0. The minimum absolute atomic E-state index is 0.221. The molecule has 0 fully saturated rings. The van der Waals surface area contributed by atoms with Crippen LogP contribution in [0.4, 0.5) is 4.39 Å². The van der Waals surface area contributed by atoms with E-state index in [1.165, 1.54) is 5.56 Å². The Balaban J connectivity index is 1.87. The maximum Gasteiger partial charge on any atom is 0.131 e. The number of halogens is 2. The molecule has 0 aliphatic carbocycles. The van der Waals surface area contributed by atoms with Gasteiger partial charge in [0.1, 0.15) is 5.82 Å². The largest absolute Gasteiger partial charge is 0.206 e. The second-order valence-corrected chi connectivity index (χ2v) is 6.16. The Bertz CT molecular complexity index is 833. The average Bonchev–Trinajstić information content (AvgIpc) is 2.61. The number of hydrogen-bond donors (Lipinski definition) is 0. The molecular formula is C22H18ClF. The first-order chi connectivity index (χ1) is 11.7. The van der Waals surface area contributed by atoms with Gasteiger partial charge in [0.05, 0.1) is 0 Å². The van der Waals surface area contributed by atoms with Gasteiger partial charge in [-0.25, -0.2) is 4.39 Å². The van der Waals surface area contributed by atoms with E-state index >= 15 is 0 Å². The van der Waals surface area contributed by atoms with Gasteiger partial charge in [-0.2, -0.15) is 0 Å². The molecule has 3 rings (SSSR count). The summed E-state index contributed by atoms with van der Waals surface area (Å²) in [6.45, 7) is 3.73. The highest BCUT2D eigenvalue weighted by Gasteiger charge is 2.07. The maximum absolute atomic E-state index is 14.6. The lowest BCUT2D eigenvalue weighted by atomic mass is 9.98. The molecule has 0 nitrogen and oxygen atoms in total. The highest BCUT2D eigenvalue weighted by Crippen LogP contribution is 2.29. The Morgan fingerprint density at radius 1 is 0.833 bits per heavy atom.